The van der Waals surface area contributed by atoms with Crippen LogP contribution in [0.25, 0.3) is 0 Å². The molecule has 0 fully saturated rings. The van der Waals surface area contributed by atoms with Crippen molar-refractivity contribution in [3.63, 3.8) is 0 Å². The highest BCUT2D eigenvalue weighted by molar-refractivity contribution is 9.09. The predicted octanol–water partition coefficient (Wildman–Crippen LogP) is 3.96. The van der Waals surface area contributed by atoms with Crippen LogP contribution in [0.4, 0.5) is 5.69 Å². The van der Waals surface area contributed by atoms with E-state index in [-0.39, 0.29) is 10.6 Å². The highest BCUT2D eigenvalue weighted by atomic mass is 79.9. The molecular weight excluding hydrogens is 298 g/mol. The number of nitro benzene ring substituents is 1. The normalized spacial score (nSPS) is 14.0. The first-order valence-corrected chi connectivity index (χ1v) is 6.86. The third-order valence-corrected chi connectivity index (χ3v) is 4.57. The van der Waals surface area contributed by atoms with Gasteiger partial charge in [-0.25, -0.2) is 0 Å². The largest absolute Gasteiger partial charge is 0.496 e. The average molecular weight is 316 g/mol. The van der Waals surface area contributed by atoms with Gasteiger partial charge in [0, 0.05) is 22.5 Å². The summed E-state index contributed by atoms with van der Waals surface area (Å²) in [5.74, 6) is 1.11. The van der Waals surface area contributed by atoms with Crippen molar-refractivity contribution < 1.29 is 9.66 Å². The van der Waals surface area contributed by atoms with Crippen LogP contribution in [0.2, 0.25) is 0 Å². The molecule has 0 amide bonds. The third kappa shape index (κ3) is 3.70. The summed E-state index contributed by atoms with van der Waals surface area (Å²) >= 11 is 3.62. The average Bonchev–Trinajstić information content (AvgIpc) is 2.37. The van der Waals surface area contributed by atoms with Gasteiger partial charge in [0.2, 0.25) is 0 Å². The fourth-order valence-corrected chi connectivity index (χ4v) is 2.10. The van der Waals surface area contributed by atoms with E-state index in [1.807, 2.05) is 0 Å². The summed E-state index contributed by atoms with van der Waals surface area (Å²) in [5.41, 5.74) is 0.998. The smallest absolute Gasteiger partial charge is 0.269 e. The fourth-order valence-electron chi connectivity index (χ4n) is 1.92. The van der Waals surface area contributed by atoms with Crippen LogP contribution in [0.1, 0.15) is 25.8 Å². The van der Waals surface area contributed by atoms with Crippen molar-refractivity contribution in [1.29, 1.82) is 0 Å². The number of alkyl halides is 1. The molecule has 0 spiro atoms. The van der Waals surface area contributed by atoms with E-state index in [0.29, 0.717) is 16.5 Å². The van der Waals surface area contributed by atoms with Gasteiger partial charge in [-0.05, 0) is 24.8 Å². The lowest BCUT2D eigenvalue weighted by Gasteiger charge is -2.18. The molecule has 100 valence electrons. The number of ether oxygens (including phenoxy) is 1. The summed E-state index contributed by atoms with van der Waals surface area (Å²) in [6.45, 7) is 4.24. The first-order chi connectivity index (χ1) is 8.49. The zero-order valence-corrected chi connectivity index (χ0v) is 12.4. The minimum Gasteiger partial charge on any atom is -0.496 e. The zero-order valence-electron chi connectivity index (χ0n) is 10.9. The summed E-state index contributed by atoms with van der Waals surface area (Å²) in [6.07, 6.45) is 1.78. The Bertz CT molecular complexity index is 423. The number of nitro groups is 1. The Kier molecular flexibility index (Phi) is 5.59. The van der Waals surface area contributed by atoms with Gasteiger partial charge in [-0.1, -0.05) is 29.8 Å². The second kappa shape index (κ2) is 6.73. The molecule has 0 bridgehead atoms. The van der Waals surface area contributed by atoms with Crippen LogP contribution in [0.5, 0.6) is 5.75 Å². The van der Waals surface area contributed by atoms with E-state index in [1.165, 1.54) is 6.07 Å². The van der Waals surface area contributed by atoms with E-state index in [1.54, 1.807) is 19.2 Å². The summed E-state index contributed by atoms with van der Waals surface area (Å²) in [4.78, 5) is 10.8. The molecular formula is C13H18BrNO3. The van der Waals surface area contributed by atoms with Crippen molar-refractivity contribution >= 4 is 21.6 Å². The number of benzene rings is 1. The maximum atomic E-state index is 10.8. The van der Waals surface area contributed by atoms with Gasteiger partial charge >= 0.3 is 0 Å². The molecule has 18 heavy (non-hydrogen) atoms. The SMILES string of the molecule is CCC(Br)C(C)Cc1cc([N+](=O)[O-])ccc1OC. The predicted molar refractivity (Wildman–Crippen MR) is 75.5 cm³/mol. The molecule has 0 aromatic heterocycles. The van der Waals surface area contributed by atoms with Gasteiger partial charge in [0.05, 0.1) is 12.0 Å². The molecule has 0 aliphatic carbocycles. The lowest BCUT2D eigenvalue weighted by Crippen LogP contribution is -2.13. The number of methoxy groups -OCH3 is 1. The summed E-state index contributed by atoms with van der Waals surface area (Å²) in [6, 6.07) is 4.73. The minimum absolute atomic E-state index is 0.112. The van der Waals surface area contributed by atoms with Crippen LogP contribution in [0, 0.1) is 16.0 Å². The zero-order chi connectivity index (χ0) is 13.7. The van der Waals surface area contributed by atoms with Gasteiger partial charge in [0.25, 0.3) is 5.69 Å². The molecule has 2 unspecified atom stereocenters. The molecule has 4 nitrogen and oxygen atoms in total. The highest BCUT2D eigenvalue weighted by Crippen LogP contribution is 2.29. The second-order valence-corrected chi connectivity index (χ2v) is 5.54. The van der Waals surface area contributed by atoms with Crippen molar-refractivity contribution in [1.82, 2.24) is 0 Å². The molecule has 1 aromatic carbocycles. The van der Waals surface area contributed by atoms with Gasteiger partial charge in [0.15, 0.2) is 0 Å². The summed E-state index contributed by atoms with van der Waals surface area (Å²) in [5, 5.41) is 10.8. The van der Waals surface area contributed by atoms with E-state index in [4.69, 9.17) is 4.74 Å². The minimum atomic E-state index is -0.376. The summed E-state index contributed by atoms with van der Waals surface area (Å²) < 4.78 is 5.26. The topological polar surface area (TPSA) is 52.4 Å². The number of hydrogen-bond donors (Lipinski definition) is 0. The standard InChI is InChI=1S/C13H18BrNO3/c1-4-12(14)9(2)7-10-8-11(15(16)17)5-6-13(10)18-3/h5-6,8-9,12H,4,7H2,1-3H3. The second-order valence-electron chi connectivity index (χ2n) is 4.36. The van der Waals surface area contributed by atoms with Crippen LogP contribution in [-0.4, -0.2) is 16.9 Å². The Labute approximate surface area is 116 Å². The molecule has 0 aliphatic rings. The fraction of sp³-hybridized carbons (Fsp3) is 0.538. The van der Waals surface area contributed by atoms with Crippen LogP contribution >= 0.6 is 15.9 Å². The number of non-ortho nitro benzene ring substituents is 1. The van der Waals surface area contributed by atoms with Crippen LogP contribution in [0.15, 0.2) is 18.2 Å². The molecule has 0 radical (unpaired) electrons. The van der Waals surface area contributed by atoms with Gasteiger partial charge in [-0.3, -0.25) is 10.1 Å². The van der Waals surface area contributed by atoms with Gasteiger partial charge in [0.1, 0.15) is 5.75 Å². The number of nitrogens with zero attached hydrogens (tertiary/aromatic N) is 1. The van der Waals surface area contributed by atoms with Crippen molar-refractivity contribution in [2.75, 3.05) is 7.11 Å². The van der Waals surface area contributed by atoms with Gasteiger partial charge < -0.3 is 4.74 Å². The van der Waals surface area contributed by atoms with Gasteiger partial charge in [-0.15, -0.1) is 0 Å². The molecule has 0 aliphatic heterocycles. The van der Waals surface area contributed by atoms with Crippen LogP contribution in [-0.2, 0) is 6.42 Å². The Morgan fingerprint density at radius 3 is 2.67 bits per heavy atom. The Morgan fingerprint density at radius 1 is 1.50 bits per heavy atom. The van der Waals surface area contributed by atoms with Crippen molar-refractivity contribution in [2.24, 2.45) is 5.92 Å². The first kappa shape index (κ1) is 15.0. The van der Waals surface area contributed by atoms with E-state index in [2.05, 4.69) is 29.8 Å². The van der Waals surface area contributed by atoms with Crippen LogP contribution in [0.3, 0.4) is 0 Å². The molecule has 1 aromatic rings. The maximum absolute atomic E-state index is 10.8. The molecule has 1 rings (SSSR count). The van der Waals surface area contributed by atoms with E-state index >= 15 is 0 Å². The molecule has 2 atom stereocenters. The highest BCUT2D eigenvalue weighted by Gasteiger charge is 2.17. The molecule has 5 heteroatoms. The van der Waals surface area contributed by atoms with Crippen molar-refractivity contribution in [3.05, 3.63) is 33.9 Å². The van der Waals surface area contributed by atoms with E-state index < -0.39 is 0 Å². The van der Waals surface area contributed by atoms with Gasteiger partial charge in [-0.2, -0.15) is 0 Å². The summed E-state index contributed by atoms with van der Waals surface area (Å²) in [7, 11) is 1.58. The third-order valence-electron chi connectivity index (χ3n) is 3.02. The lowest BCUT2D eigenvalue weighted by atomic mass is 9.96. The number of hydrogen-bond acceptors (Lipinski definition) is 3. The molecule has 0 heterocycles. The Morgan fingerprint density at radius 2 is 2.17 bits per heavy atom. The molecule has 0 saturated heterocycles. The first-order valence-electron chi connectivity index (χ1n) is 5.95. The quantitative estimate of drug-likeness (QED) is 0.453. The van der Waals surface area contributed by atoms with Crippen molar-refractivity contribution in [2.45, 2.75) is 31.5 Å². The van der Waals surface area contributed by atoms with E-state index in [9.17, 15) is 10.1 Å². The number of halogens is 1. The molecule has 0 N–H and O–H groups in total. The lowest BCUT2D eigenvalue weighted by molar-refractivity contribution is -0.384. The molecule has 0 saturated carbocycles. The van der Waals surface area contributed by atoms with E-state index in [0.717, 1.165) is 18.4 Å². The number of rotatable bonds is 6. The van der Waals surface area contributed by atoms with Crippen molar-refractivity contribution in [3.8, 4) is 5.75 Å². The van der Waals surface area contributed by atoms with Crippen LogP contribution < -0.4 is 4.74 Å². The Hall–Kier alpha value is -1.10. The monoisotopic (exact) mass is 315 g/mol. The Balaban J connectivity index is 2.97. The maximum Gasteiger partial charge on any atom is 0.269 e.